The molecule has 0 aliphatic rings. The second-order valence-electron chi connectivity index (χ2n) is 2.33. The Morgan fingerprint density at radius 3 is 2.33 bits per heavy atom. The van der Waals surface area contributed by atoms with Gasteiger partial charge in [0.2, 0.25) is 15.9 Å². The molecule has 1 amide bonds. The van der Waals surface area contributed by atoms with Crippen molar-refractivity contribution in [1.82, 2.24) is 4.31 Å². The summed E-state index contributed by atoms with van der Waals surface area (Å²) in [5.41, 5.74) is 9.87. The molecule has 6 nitrogen and oxygen atoms in total. The fourth-order valence-corrected chi connectivity index (χ4v) is 1.56. The monoisotopic (exact) mass is 195 g/mol. The minimum atomic E-state index is -3.40. The Labute approximate surface area is 71.6 Å². The summed E-state index contributed by atoms with van der Waals surface area (Å²) in [7, 11) is -2.11. The molecule has 4 N–H and O–H groups in total. The molecule has 12 heavy (non-hydrogen) atoms. The van der Waals surface area contributed by atoms with E-state index in [2.05, 4.69) is 0 Å². The van der Waals surface area contributed by atoms with Crippen molar-refractivity contribution in [2.24, 2.45) is 11.5 Å². The number of hydrogen-bond acceptors (Lipinski definition) is 4. The smallest absolute Gasteiger partial charge is 0.232 e. The zero-order chi connectivity index (χ0) is 9.78. The van der Waals surface area contributed by atoms with Crippen LogP contribution in [0.15, 0.2) is 0 Å². The van der Waals surface area contributed by atoms with Gasteiger partial charge in [0, 0.05) is 13.6 Å². The first-order valence-corrected chi connectivity index (χ1v) is 4.93. The molecule has 0 saturated heterocycles. The predicted molar refractivity (Wildman–Crippen MR) is 44.7 cm³/mol. The Bertz CT molecular complexity index is 249. The number of likely N-dealkylation sites (N-methyl/N-ethyl adjacent to an activating group) is 1. The summed E-state index contributed by atoms with van der Waals surface area (Å²) in [6, 6.07) is 0. The van der Waals surface area contributed by atoms with Gasteiger partial charge in [0.1, 0.15) is 0 Å². The first-order valence-electron chi connectivity index (χ1n) is 3.32. The predicted octanol–water partition coefficient (Wildman–Crippen LogP) is -2.31. The highest BCUT2D eigenvalue weighted by molar-refractivity contribution is 7.89. The Balaban J connectivity index is 4.26. The number of hydrogen-bond donors (Lipinski definition) is 2. The molecule has 0 saturated carbocycles. The average molecular weight is 195 g/mol. The van der Waals surface area contributed by atoms with Crippen LogP contribution in [0, 0.1) is 0 Å². The summed E-state index contributed by atoms with van der Waals surface area (Å²) in [6.07, 6.45) is 0. The van der Waals surface area contributed by atoms with Gasteiger partial charge < -0.3 is 11.5 Å². The highest BCUT2D eigenvalue weighted by Gasteiger charge is 2.17. The van der Waals surface area contributed by atoms with Crippen LogP contribution in [-0.2, 0) is 14.8 Å². The first-order chi connectivity index (χ1) is 5.40. The van der Waals surface area contributed by atoms with Crippen LogP contribution in [0.1, 0.15) is 0 Å². The molecule has 7 heteroatoms. The number of carbonyl (C=O) groups is 1. The van der Waals surface area contributed by atoms with Gasteiger partial charge in [0.15, 0.2) is 0 Å². The summed E-state index contributed by atoms with van der Waals surface area (Å²) in [5.74, 6) is -0.852. The van der Waals surface area contributed by atoms with Crippen LogP contribution in [0.2, 0.25) is 0 Å². The summed E-state index contributed by atoms with van der Waals surface area (Å²) in [4.78, 5) is 10.3. The molecule has 0 aromatic heterocycles. The lowest BCUT2D eigenvalue weighted by molar-refractivity contribution is -0.118. The van der Waals surface area contributed by atoms with Gasteiger partial charge in [-0.05, 0) is 0 Å². The lowest BCUT2D eigenvalue weighted by atomic mass is 10.6. The minimum absolute atomic E-state index is 0.0332. The SMILES string of the molecule is CN(CC(N)=O)S(=O)(=O)CCN. The Hall–Kier alpha value is -0.660. The molecular weight excluding hydrogens is 182 g/mol. The van der Waals surface area contributed by atoms with Gasteiger partial charge in [0.05, 0.1) is 12.3 Å². The van der Waals surface area contributed by atoms with Crippen molar-refractivity contribution in [1.29, 1.82) is 0 Å². The third-order valence-corrected chi connectivity index (χ3v) is 3.06. The van der Waals surface area contributed by atoms with Gasteiger partial charge in [0.25, 0.3) is 0 Å². The summed E-state index contributed by atoms with van der Waals surface area (Å²) in [5, 5.41) is 0. The lowest BCUT2D eigenvalue weighted by Gasteiger charge is -2.13. The number of rotatable bonds is 5. The lowest BCUT2D eigenvalue weighted by Crippen LogP contribution is -2.38. The van der Waals surface area contributed by atoms with Gasteiger partial charge >= 0.3 is 0 Å². The number of carbonyl (C=O) groups excluding carboxylic acids is 1. The second-order valence-corrected chi connectivity index (χ2v) is 4.52. The maximum Gasteiger partial charge on any atom is 0.232 e. The number of primary amides is 1. The van der Waals surface area contributed by atoms with E-state index in [1.165, 1.54) is 7.05 Å². The van der Waals surface area contributed by atoms with E-state index in [0.717, 1.165) is 4.31 Å². The molecule has 0 fully saturated rings. The number of sulfonamides is 1. The maximum atomic E-state index is 11.1. The summed E-state index contributed by atoms with van der Waals surface area (Å²) in [6.45, 7) is -0.270. The molecule has 0 spiro atoms. The van der Waals surface area contributed by atoms with Gasteiger partial charge in [-0.2, -0.15) is 4.31 Å². The van der Waals surface area contributed by atoms with Crippen molar-refractivity contribution in [3.8, 4) is 0 Å². The normalized spacial score (nSPS) is 11.9. The van der Waals surface area contributed by atoms with Crippen LogP contribution >= 0.6 is 0 Å². The highest BCUT2D eigenvalue weighted by Crippen LogP contribution is 1.95. The van der Waals surface area contributed by atoms with Crippen LogP contribution in [0.5, 0.6) is 0 Å². The molecule has 0 aliphatic carbocycles. The van der Waals surface area contributed by atoms with Crippen molar-refractivity contribution < 1.29 is 13.2 Å². The molecule has 0 aromatic carbocycles. The van der Waals surface area contributed by atoms with Crippen molar-refractivity contribution in [3.05, 3.63) is 0 Å². The van der Waals surface area contributed by atoms with Crippen LogP contribution in [0.25, 0.3) is 0 Å². The average Bonchev–Trinajstić information content (AvgIpc) is 1.85. The van der Waals surface area contributed by atoms with Crippen molar-refractivity contribution >= 4 is 15.9 Å². The number of amides is 1. The fourth-order valence-electron chi connectivity index (χ4n) is 0.623. The maximum absolute atomic E-state index is 11.1. The van der Waals surface area contributed by atoms with E-state index in [1.54, 1.807) is 0 Å². The fraction of sp³-hybridized carbons (Fsp3) is 0.800. The molecule has 0 unspecified atom stereocenters. The quantitative estimate of drug-likeness (QED) is 0.514. The first kappa shape index (κ1) is 11.3. The van der Waals surface area contributed by atoms with Gasteiger partial charge in [-0.25, -0.2) is 8.42 Å². The molecule has 0 atom stereocenters. The molecule has 0 aliphatic heterocycles. The van der Waals surface area contributed by atoms with Crippen molar-refractivity contribution in [2.45, 2.75) is 0 Å². The minimum Gasteiger partial charge on any atom is -0.369 e. The summed E-state index contributed by atoms with van der Waals surface area (Å²) < 4.78 is 23.1. The number of nitrogens with zero attached hydrogens (tertiary/aromatic N) is 1. The third kappa shape index (κ3) is 3.65. The van der Waals surface area contributed by atoms with Crippen LogP contribution in [0.3, 0.4) is 0 Å². The van der Waals surface area contributed by atoms with E-state index in [1.807, 2.05) is 0 Å². The largest absolute Gasteiger partial charge is 0.369 e. The van der Waals surface area contributed by atoms with Crippen LogP contribution in [0.4, 0.5) is 0 Å². The number of nitrogens with two attached hydrogens (primary N) is 2. The Morgan fingerprint density at radius 1 is 1.50 bits per heavy atom. The van der Waals surface area contributed by atoms with E-state index in [-0.39, 0.29) is 18.8 Å². The molecule has 0 rings (SSSR count). The zero-order valence-corrected chi connectivity index (χ0v) is 7.67. The summed E-state index contributed by atoms with van der Waals surface area (Å²) >= 11 is 0. The van der Waals surface area contributed by atoms with E-state index in [4.69, 9.17) is 11.5 Å². The van der Waals surface area contributed by atoms with Crippen molar-refractivity contribution in [2.75, 3.05) is 25.9 Å². The highest BCUT2D eigenvalue weighted by atomic mass is 32.2. The molecule has 0 aromatic rings. The third-order valence-electron chi connectivity index (χ3n) is 1.23. The molecular formula is C5H13N3O3S. The van der Waals surface area contributed by atoms with Gasteiger partial charge in [-0.3, -0.25) is 4.79 Å². The van der Waals surface area contributed by atoms with E-state index < -0.39 is 15.9 Å². The molecule has 0 radical (unpaired) electrons. The van der Waals surface area contributed by atoms with E-state index in [0.29, 0.717) is 0 Å². The van der Waals surface area contributed by atoms with Crippen molar-refractivity contribution in [3.63, 3.8) is 0 Å². The molecule has 0 bridgehead atoms. The van der Waals surface area contributed by atoms with Gasteiger partial charge in [-0.1, -0.05) is 0 Å². The van der Waals surface area contributed by atoms with Gasteiger partial charge in [-0.15, -0.1) is 0 Å². The van der Waals surface area contributed by atoms with Crippen LogP contribution in [-0.4, -0.2) is 44.5 Å². The second kappa shape index (κ2) is 4.39. The standard InChI is InChI=1S/C5H13N3O3S/c1-8(4-5(7)9)12(10,11)3-2-6/h2-4,6H2,1H3,(H2,7,9). The molecule has 0 heterocycles. The molecule has 72 valence electrons. The van der Waals surface area contributed by atoms with E-state index in [9.17, 15) is 13.2 Å². The zero-order valence-electron chi connectivity index (χ0n) is 6.86. The Morgan fingerprint density at radius 2 is 2.00 bits per heavy atom. The van der Waals surface area contributed by atoms with E-state index >= 15 is 0 Å². The van der Waals surface area contributed by atoms with Crippen LogP contribution < -0.4 is 11.5 Å². The topological polar surface area (TPSA) is 106 Å². The Kier molecular flexibility index (Phi) is 4.15.